The van der Waals surface area contributed by atoms with E-state index in [-0.39, 0.29) is 11.3 Å². The fourth-order valence-electron chi connectivity index (χ4n) is 2.58. The lowest BCUT2D eigenvalue weighted by atomic mass is 10.0. The van der Waals surface area contributed by atoms with Crippen LogP contribution in [-0.4, -0.2) is 48.3 Å². The quantitative estimate of drug-likeness (QED) is 0.699. The summed E-state index contributed by atoms with van der Waals surface area (Å²) in [5.74, 6) is -1.89. The highest BCUT2D eigenvalue weighted by Gasteiger charge is 2.41. The molecule has 7 nitrogen and oxygen atoms in total. The highest BCUT2D eigenvalue weighted by Crippen LogP contribution is 2.23. The van der Waals surface area contributed by atoms with Crippen molar-refractivity contribution >= 4 is 21.9 Å². The van der Waals surface area contributed by atoms with Crippen molar-refractivity contribution in [1.82, 2.24) is 9.62 Å². The number of benzene rings is 2. The average Bonchev–Trinajstić information content (AvgIpc) is 2.68. The second-order valence-electron chi connectivity index (χ2n) is 6.90. The van der Waals surface area contributed by atoms with Crippen LogP contribution in [0.15, 0.2) is 65.6 Å². The summed E-state index contributed by atoms with van der Waals surface area (Å²) in [6.45, 7) is 2.87. The molecule has 150 valence electrons. The van der Waals surface area contributed by atoms with Crippen molar-refractivity contribution in [2.45, 2.75) is 36.7 Å². The Labute approximate surface area is 165 Å². The predicted octanol–water partition coefficient (Wildman–Crippen LogP) is 1.90. The minimum atomic E-state index is -3.93. The number of sulfonamides is 1. The van der Waals surface area contributed by atoms with Gasteiger partial charge in [-0.2, -0.15) is 4.31 Å². The number of hydrogen-bond acceptors (Lipinski definition) is 4. The molecule has 2 N–H and O–H groups in total. The van der Waals surface area contributed by atoms with Crippen LogP contribution in [0.2, 0.25) is 0 Å². The van der Waals surface area contributed by atoms with Crippen molar-refractivity contribution in [3.05, 3.63) is 66.2 Å². The molecule has 2 aromatic rings. The highest BCUT2D eigenvalue weighted by atomic mass is 32.2. The zero-order valence-corrected chi connectivity index (χ0v) is 16.8. The molecule has 0 aliphatic heterocycles. The Morgan fingerprint density at radius 2 is 1.54 bits per heavy atom. The summed E-state index contributed by atoms with van der Waals surface area (Å²) in [5, 5.41) is 11.9. The van der Waals surface area contributed by atoms with Crippen LogP contribution in [0.25, 0.3) is 0 Å². The Bertz CT molecular complexity index is 928. The zero-order valence-electron chi connectivity index (χ0n) is 16.0. The monoisotopic (exact) mass is 404 g/mol. The van der Waals surface area contributed by atoms with Crippen molar-refractivity contribution in [2.24, 2.45) is 0 Å². The van der Waals surface area contributed by atoms with Gasteiger partial charge in [-0.15, -0.1) is 0 Å². The maximum atomic E-state index is 12.8. The number of rotatable bonds is 8. The van der Waals surface area contributed by atoms with E-state index in [9.17, 15) is 23.1 Å². The van der Waals surface area contributed by atoms with Crippen molar-refractivity contribution < 1.29 is 23.1 Å². The number of aliphatic carboxylic acids is 1. The first-order chi connectivity index (χ1) is 13.1. The van der Waals surface area contributed by atoms with Crippen molar-refractivity contribution in [3.8, 4) is 0 Å². The van der Waals surface area contributed by atoms with E-state index in [4.69, 9.17) is 0 Å². The molecule has 0 fully saturated rings. The van der Waals surface area contributed by atoms with Gasteiger partial charge in [0.15, 0.2) is 0 Å². The van der Waals surface area contributed by atoms with Crippen LogP contribution >= 0.6 is 0 Å². The van der Waals surface area contributed by atoms with Crippen LogP contribution in [0.3, 0.4) is 0 Å². The molecule has 2 aromatic carbocycles. The van der Waals surface area contributed by atoms with Crippen LogP contribution in [0.5, 0.6) is 0 Å². The maximum absolute atomic E-state index is 12.8. The molecular formula is C20H24N2O5S. The van der Waals surface area contributed by atoms with Gasteiger partial charge in [0.1, 0.15) is 11.6 Å². The van der Waals surface area contributed by atoms with E-state index in [1.54, 1.807) is 42.5 Å². The Kier molecular flexibility index (Phi) is 6.58. The van der Waals surface area contributed by atoms with E-state index in [0.29, 0.717) is 0 Å². The first-order valence-electron chi connectivity index (χ1n) is 8.68. The normalized spacial score (nSPS) is 13.1. The van der Waals surface area contributed by atoms with Gasteiger partial charge in [0.25, 0.3) is 0 Å². The van der Waals surface area contributed by atoms with Gasteiger partial charge in [-0.3, -0.25) is 4.79 Å². The Hall–Kier alpha value is -2.71. The third-order valence-electron chi connectivity index (χ3n) is 4.63. The Morgan fingerprint density at radius 1 is 1.04 bits per heavy atom. The van der Waals surface area contributed by atoms with Gasteiger partial charge in [-0.25, -0.2) is 13.2 Å². The second-order valence-corrected chi connectivity index (χ2v) is 8.87. The van der Waals surface area contributed by atoms with E-state index >= 15 is 0 Å². The van der Waals surface area contributed by atoms with Gasteiger partial charge in [0.2, 0.25) is 15.9 Å². The fraction of sp³-hybridized carbons (Fsp3) is 0.300. The van der Waals surface area contributed by atoms with E-state index in [2.05, 4.69) is 5.32 Å². The minimum absolute atomic E-state index is 0.0532. The summed E-state index contributed by atoms with van der Waals surface area (Å²) in [7, 11) is -2.63. The number of nitrogens with one attached hydrogen (secondary N) is 1. The van der Waals surface area contributed by atoms with Crippen LogP contribution in [-0.2, 0) is 26.0 Å². The molecule has 28 heavy (non-hydrogen) atoms. The third-order valence-corrected chi connectivity index (χ3v) is 6.68. The molecule has 0 unspecified atom stereocenters. The molecule has 1 atom stereocenters. The molecular weight excluding hydrogens is 380 g/mol. The number of amides is 1. The second kappa shape index (κ2) is 8.53. The van der Waals surface area contributed by atoms with Crippen molar-refractivity contribution in [1.29, 1.82) is 0 Å². The standard InChI is InChI=1S/C20H24N2O5S/c1-20(2,22(3)28(26,27)16-12-8-5-9-13-16)19(25)21-17(18(23)24)14-15-10-6-4-7-11-15/h4-13,17H,14H2,1-3H3,(H,21,25)(H,23,24)/t17-/m0/s1. The van der Waals surface area contributed by atoms with Crippen LogP contribution in [0.4, 0.5) is 0 Å². The van der Waals surface area contributed by atoms with Gasteiger partial charge < -0.3 is 10.4 Å². The number of nitrogens with zero attached hydrogens (tertiary/aromatic N) is 1. The first-order valence-corrected chi connectivity index (χ1v) is 10.1. The molecule has 0 saturated carbocycles. The number of carbonyl (C=O) groups excluding carboxylic acids is 1. The predicted molar refractivity (Wildman–Crippen MR) is 105 cm³/mol. The molecule has 0 aromatic heterocycles. The molecule has 2 rings (SSSR count). The van der Waals surface area contributed by atoms with Gasteiger partial charge in [0, 0.05) is 13.5 Å². The molecule has 0 spiro atoms. The number of carboxylic acids is 1. The first kappa shape index (κ1) is 21.6. The topological polar surface area (TPSA) is 104 Å². The lowest BCUT2D eigenvalue weighted by molar-refractivity contribution is -0.143. The fourth-order valence-corrected chi connectivity index (χ4v) is 4.08. The van der Waals surface area contributed by atoms with E-state index in [1.165, 1.54) is 33.0 Å². The molecule has 0 bridgehead atoms. The number of likely N-dealkylation sites (N-methyl/N-ethyl adjacent to an activating group) is 1. The lowest BCUT2D eigenvalue weighted by Crippen LogP contribution is -2.58. The highest BCUT2D eigenvalue weighted by molar-refractivity contribution is 7.89. The summed E-state index contributed by atoms with van der Waals surface area (Å²) in [4.78, 5) is 24.5. The van der Waals surface area contributed by atoms with E-state index in [0.717, 1.165) is 9.87 Å². The molecule has 1 amide bonds. The van der Waals surface area contributed by atoms with Gasteiger partial charge in [-0.05, 0) is 31.5 Å². The SMILES string of the molecule is CN(C(C)(C)C(=O)N[C@@H](Cc1ccccc1)C(=O)O)S(=O)(=O)c1ccccc1. The van der Waals surface area contributed by atoms with Crippen LogP contribution in [0.1, 0.15) is 19.4 Å². The number of hydrogen-bond donors (Lipinski definition) is 2. The minimum Gasteiger partial charge on any atom is -0.480 e. The molecule has 0 saturated heterocycles. The van der Waals surface area contributed by atoms with Gasteiger partial charge >= 0.3 is 5.97 Å². The number of carbonyl (C=O) groups is 2. The maximum Gasteiger partial charge on any atom is 0.326 e. The molecule has 0 radical (unpaired) electrons. The summed E-state index contributed by atoms with van der Waals surface area (Å²) in [6.07, 6.45) is 0.0904. The Morgan fingerprint density at radius 3 is 2.04 bits per heavy atom. The third kappa shape index (κ3) is 4.76. The molecule has 0 heterocycles. The molecule has 0 aliphatic carbocycles. The average molecular weight is 404 g/mol. The van der Waals surface area contributed by atoms with Gasteiger partial charge in [-0.1, -0.05) is 48.5 Å². The van der Waals surface area contributed by atoms with Gasteiger partial charge in [0.05, 0.1) is 4.90 Å². The zero-order chi connectivity index (χ0) is 20.9. The summed E-state index contributed by atoms with van der Waals surface area (Å²) in [6, 6.07) is 15.5. The smallest absolute Gasteiger partial charge is 0.326 e. The van der Waals surface area contributed by atoms with Crippen molar-refractivity contribution in [3.63, 3.8) is 0 Å². The largest absolute Gasteiger partial charge is 0.480 e. The van der Waals surface area contributed by atoms with E-state index < -0.39 is 33.5 Å². The number of carboxylic acid groups (broad SMARTS) is 1. The van der Waals surface area contributed by atoms with E-state index in [1.807, 2.05) is 6.07 Å². The summed E-state index contributed by atoms with van der Waals surface area (Å²) in [5.41, 5.74) is -0.753. The molecule has 8 heteroatoms. The van der Waals surface area contributed by atoms with Crippen LogP contribution < -0.4 is 5.32 Å². The summed E-state index contributed by atoms with van der Waals surface area (Å²) < 4.78 is 26.6. The molecule has 0 aliphatic rings. The van der Waals surface area contributed by atoms with Crippen LogP contribution in [0, 0.1) is 0 Å². The summed E-state index contributed by atoms with van der Waals surface area (Å²) >= 11 is 0. The lowest BCUT2D eigenvalue weighted by Gasteiger charge is -2.34. The van der Waals surface area contributed by atoms with Crippen molar-refractivity contribution in [2.75, 3.05) is 7.05 Å². The Balaban J connectivity index is 2.21.